The second kappa shape index (κ2) is 5.67. The summed E-state index contributed by atoms with van der Waals surface area (Å²) < 4.78 is 25.7. The predicted molar refractivity (Wildman–Crippen MR) is 87.8 cm³/mol. The molecule has 10 heteroatoms. The molecule has 0 atom stereocenters. The molecule has 3 aromatic rings. The van der Waals surface area contributed by atoms with Gasteiger partial charge in [0.2, 0.25) is 0 Å². The lowest BCUT2D eigenvalue weighted by molar-refractivity contribution is -0.385. The first-order valence-corrected chi connectivity index (χ1v) is 8.77. The number of sulfone groups is 1. The zero-order valence-corrected chi connectivity index (χ0v) is 13.6. The molecular formula is C15H11N3O6S. The maximum absolute atomic E-state index is 12.1. The largest absolute Gasteiger partial charge is 0.477 e. The standard InChI is InChI=1S/C15H11N3O6S/c1-25(23,24)14-6-9(15(19)20)12(18(21)22)7-13(14)17-8-16-10-4-2-3-5-11(10)17/h2-8H,1H3,(H,19,20). The van der Waals surface area contributed by atoms with Crippen LogP contribution in [-0.4, -0.2) is 40.2 Å². The summed E-state index contributed by atoms with van der Waals surface area (Å²) >= 11 is 0. The van der Waals surface area contributed by atoms with Gasteiger partial charge >= 0.3 is 5.97 Å². The van der Waals surface area contributed by atoms with Gasteiger partial charge in [0.15, 0.2) is 9.84 Å². The third kappa shape index (κ3) is 2.83. The maximum atomic E-state index is 12.1. The smallest absolute Gasteiger partial charge is 0.342 e. The molecule has 0 bridgehead atoms. The van der Waals surface area contributed by atoms with E-state index >= 15 is 0 Å². The highest BCUT2D eigenvalue weighted by Crippen LogP contribution is 2.31. The van der Waals surface area contributed by atoms with Gasteiger partial charge in [-0.15, -0.1) is 0 Å². The Balaban J connectivity index is 2.45. The highest BCUT2D eigenvalue weighted by Gasteiger charge is 2.27. The van der Waals surface area contributed by atoms with Gasteiger partial charge in [-0.05, 0) is 18.2 Å². The minimum absolute atomic E-state index is 0.0344. The van der Waals surface area contributed by atoms with E-state index in [1.807, 2.05) is 0 Å². The van der Waals surface area contributed by atoms with Crippen molar-refractivity contribution in [2.24, 2.45) is 0 Å². The van der Waals surface area contributed by atoms with Crippen molar-refractivity contribution in [1.29, 1.82) is 0 Å². The molecule has 25 heavy (non-hydrogen) atoms. The summed E-state index contributed by atoms with van der Waals surface area (Å²) in [7, 11) is -3.86. The molecular weight excluding hydrogens is 350 g/mol. The zero-order valence-electron chi connectivity index (χ0n) is 12.8. The van der Waals surface area contributed by atoms with Crippen molar-refractivity contribution < 1.29 is 23.2 Å². The number of fused-ring (bicyclic) bond motifs is 1. The van der Waals surface area contributed by atoms with Gasteiger partial charge in [-0.2, -0.15) is 0 Å². The van der Waals surface area contributed by atoms with Crippen molar-refractivity contribution in [2.75, 3.05) is 6.26 Å². The van der Waals surface area contributed by atoms with Crippen LogP contribution in [0, 0.1) is 10.1 Å². The summed E-state index contributed by atoms with van der Waals surface area (Å²) in [6.07, 6.45) is 2.24. The number of hydrogen-bond acceptors (Lipinski definition) is 6. The van der Waals surface area contributed by atoms with Gasteiger partial charge in [-0.1, -0.05) is 12.1 Å². The van der Waals surface area contributed by atoms with E-state index < -0.39 is 32.0 Å². The number of aromatic nitrogens is 2. The van der Waals surface area contributed by atoms with Gasteiger partial charge < -0.3 is 5.11 Å². The second-order valence-electron chi connectivity index (χ2n) is 5.27. The Hall–Kier alpha value is -3.27. The number of aromatic carboxylic acids is 1. The van der Waals surface area contributed by atoms with Crippen LogP contribution in [0.1, 0.15) is 10.4 Å². The number of benzene rings is 2. The van der Waals surface area contributed by atoms with Crippen LogP contribution in [0.5, 0.6) is 0 Å². The average Bonchev–Trinajstić information content (AvgIpc) is 2.96. The number of carboxylic acid groups (broad SMARTS) is 1. The minimum atomic E-state index is -3.86. The Morgan fingerprint density at radius 3 is 2.56 bits per heavy atom. The fourth-order valence-electron chi connectivity index (χ4n) is 2.52. The van der Waals surface area contributed by atoms with E-state index in [2.05, 4.69) is 4.98 Å². The molecule has 0 aliphatic carbocycles. The summed E-state index contributed by atoms with van der Waals surface area (Å²) in [6, 6.07) is 8.57. The van der Waals surface area contributed by atoms with E-state index in [9.17, 15) is 28.4 Å². The van der Waals surface area contributed by atoms with E-state index in [-0.39, 0.29) is 10.6 Å². The van der Waals surface area contributed by atoms with Crippen LogP contribution in [0.2, 0.25) is 0 Å². The van der Waals surface area contributed by atoms with Crippen molar-refractivity contribution in [3.63, 3.8) is 0 Å². The molecule has 0 saturated carbocycles. The molecule has 3 rings (SSSR count). The minimum Gasteiger partial charge on any atom is -0.477 e. The van der Waals surface area contributed by atoms with Crippen molar-refractivity contribution >= 4 is 32.5 Å². The lowest BCUT2D eigenvalue weighted by Gasteiger charge is -2.11. The first-order chi connectivity index (χ1) is 11.7. The molecule has 0 fully saturated rings. The molecule has 0 radical (unpaired) electrons. The lowest BCUT2D eigenvalue weighted by atomic mass is 10.1. The summed E-state index contributed by atoms with van der Waals surface area (Å²) in [5, 5.41) is 20.4. The molecule has 1 N–H and O–H groups in total. The second-order valence-corrected chi connectivity index (χ2v) is 7.26. The number of para-hydroxylation sites is 2. The van der Waals surface area contributed by atoms with Crippen LogP contribution < -0.4 is 0 Å². The SMILES string of the molecule is CS(=O)(=O)c1cc(C(=O)O)c([N+](=O)[O-])cc1-n1cnc2ccccc21. The van der Waals surface area contributed by atoms with Gasteiger partial charge in [-0.3, -0.25) is 14.7 Å². The molecule has 0 saturated heterocycles. The number of carbonyl (C=O) groups is 1. The van der Waals surface area contributed by atoms with Crippen molar-refractivity contribution in [1.82, 2.24) is 9.55 Å². The van der Waals surface area contributed by atoms with Crippen LogP contribution in [0.3, 0.4) is 0 Å². The lowest BCUT2D eigenvalue weighted by Crippen LogP contribution is -2.10. The third-order valence-corrected chi connectivity index (χ3v) is 4.74. The average molecular weight is 361 g/mol. The molecule has 0 aliphatic heterocycles. The number of carboxylic acids is 1. The van der Waals surface area contributed by atoms with E-state index in [0.717, 1.165) is 18.4 Å². The Morgan fingerprint density at radius 2 is 1.96 bits per heavy atom. The van der Waals surface area contributed by atoms with Gasteiger partial charge in [0.1, 0.15) is 11.9 Å². The number of hydrogen-bond donors (Lipinski definition) is 1. The van der Waals surface area contributed by atoms with Crippen molar-refractivity contribution in [2.45, 2.75) is 4.90 Å². The first kappa shape index (κ1) is 16.6. The van der Waals surface area contributed by atoms with Crippen molar-refractivity contribution in [3.8, 4) is 5.69 Å². The zero-order chi connectivity index (χ0) is 18.4. The summed E-state index contributed by atoms with van der Waals surface area (Å²) in [5.74, 6) is -1.58. The molecule has 0 amide bonds. The molecule has 1 aromatic heterocycles. The molecule has 9 nitrogen and oxygen atoms in total. The van der Waals surface area contributed by atoms with Crippen LogP contribution >= 0.6 is 0 Å². The fourth-order valence-corrected chi connectivity index (χ4v) is 3.39. The highest BCUT2D eigenvalue weighted by molar-refractivity contribution is 7.90. The quantitative estimate of drug-likeness (QED) is 0.555. The Kier molecular flexibility index (Phi) is 3.76. The van der Waals surface area contributed by atoms with Gasteiger partial charge in [0, 0.05) is 12.3 Å². The van der Waals surface area contributed by atoms with E-state index in [0.29, 0.717) is 11.0 Å². The highest BCUT2D eigenvalue weighted by atomic mass is 32.2. The number of nitrogens with zero attached hydrogens (tertiary/aromatic N) is 3. The monoisotopic (exact) mass is 361 g/mol. The molecule has 0 spiro atoms. The van der Waals surface area contributed by atoms with Gasteiger partial charge in [0.25, 0.3) is 5.69 Å². The number of rotatable bonds is 4. The number of nitro groups is 1. The molecule has 0 aliphatic rings. The van der Waals surface area contributed by atoms with E-state index in [1.54, 1.807) is 24.3 Å². The normalized spacial score (nSPS) is 11.6. The molecule has 128 valence electrons. The van der Waals surface area contributed by atoms with Gasteiger partial charge in [-0.25, -0.2) is 18.2 Å². The third-order valence-electron chi connectivity index (χ3n) is 3.62. The Bertz CT molecular complexity index is 1130. The Morgan fingerprint density at radius 1 is 1.28 bits per heavy atom. The molecule has 1 heterocycles. The summed E-state index contributed by atoms with van der Waals surface area (Å²) in [6.45, 7) is 0. The first-order valence-electron chi connectivity index (χ1n) is 6.88. The van der Waals surface area contributed by atoms with Crippen molar-refractivity contribution in [3.05, 3.63) is 58.4 Å². The van der Waals surface area contributed by atoms with Crippen LogP contribution in [0.25, 0.3) is 16.7 Å². The molecule has 2 aromatic carbocycles. The summed E-state index contributed by atoms with van der Waals surface area (Å²) in [4.78, 5) is 25.5. The fraction of sp³-hybridized carbons (Fsp3) is 0.0667. The van der Waals surface area contributed by atoms with Crippen LogP contribution in [0.15, 0.2) is 47.6 Å². The number of nitro benzene ring substituents is 1. The number of imidazole rings is 1. The summed E-state index contributed by atoms with van der Waals surface area (Å²) in [5.41, 5.74) is -0.337. The van der Waals surface area contributed by atoms with E-state index in [1.165, 1.54) is 10.9 Å². The van der Waals surface area contributed by atoms with Crippen LogP contribution in [-0.2, 0) is 9.84 Å². The van der Waals surface area contributed by atoms with E-state index in [4.69, 9.17) is 0 Å². The topological polar surface area (TPSA) is 132 Å². The predicted octanol–water partition coefficient (Wildman–Crippen LogP) is 2.04. The Labute approximate surface area is 141 Å². The molecule has 0 unspecified atom stereocenters. The van der Waals surface area contributed by atoms with Crippen LogP contribution in [0.4, 0.5) is 5.69 Å². The maximum Gasteiger partial charge on any atom is 0.342 e. The van der Waals surface area contributed by atoms with Gasteiger partial charge in [0.05, 0.1) is 26.5 Å².